The van der Waals surface area contributed by atoms with Crippen molar-refractivity contribution in [2.75, 3.05) is 0 Å². The first kappa shape index (κ1) is 17.6. The van der Waals surface area contributed by atoms with Gasteiger partial charge in [-0.15, -0.1) is 0 Å². The first-order valence-electron chi connectivity index (χ1n) is 7.10. The van der Waals surface area contributed by atoms with E-state index in [1.807, 2.05) is 6.92 Å². The largest absolute Gasteiger partial charge is 0.459 e. The van der Waals surface area contributed by atoms with Crippen LogP contribution in [0.15, 0.2) is 22.7 Å². The summed E-state index contributed by atoms with van der Waals surface area (Å²) < 4.78 is 5.84. The minimum absolute atomic E-state index is 0.124. The molecule has 0 aromatic heterocycles. The molecule has 0 saturated heterocycles. The molecule has 0 saturated carbocycles. The van der Waals surface area contributed by atoms with Crippen LogP contribution in [0, 0.1) is 10.1 Å². The number of halogens is 1. The third kappa shape index (κ3) is 5.83. The molecule has 0 fully saturated rings. The highest BCUT2D eigenvalue weighted by Gasteiger charge is 2.18. The molecule has 0 heterocycles. The maximum Gasteiger partial charge on any atom is 0.339 e. The average molecular weight is 358 g/mol. The summed E-state index contributed by atoms with van der Waals surface area (Å²) in [6.45, 7) is 3.98. The van der Waals surface area contributed by atoms with Crippen LogP contribution in [0.5, 0.6) is 0 Å². The fourth-order valence-electron chi connectivity index (χ4n) is 1.95. The number of hydrogen-bond donors (Lipinski definition) is 0. The van der Waals surface area contributed by atoms with Crippen molar-refractivity contribution in [3.63, 3.8) is 0 Å². The first-order valence-corrected chi connectivity index (χ1v) is 7.90. The number of esters is 1. The van der Waals surface area contributed by atoms with Crippen LogP contribution in [0.25, 0.3) is 0 Å². The van der Waals surface area contributed by atoms with E-state index in [9.17, 15) is 14.9 Å². The topological polar surface area (TPSA) is 69.4 Å². The van der Waals surface area contributed by atoms with E-state index in [0.717, 1.165) is 25.7 Å². The zero-order chi connectivity index (χ0) is 15.8. The molecule has 0 spiro atoms. The predicted octanol–water partition coefficient (Wildman–Crippen LogP) is 4.87. The summed E-state index contributed by atoms with van der Waals surface area (Å²) in [6.07, 6.45) is 5.09. The monoisotopic (exact) mass is 357 g/mol. The van der Waals surface area contributed by atoms with Crippen LogP contribution in [-0.2, 0) is 4.74 Å². The van der Waals surface area contributed by atoms with Crippen LogP contribution in [0.2, 0.25) is 0 Å². The molecule has 5 nitrogen and oxygen atoms in total. The van der Waals surface area contributed by atoms with Crippen LogP contribution < -0.4 is 0 Å². The Morgan fingerprint density at radius 2 is 2.10 bits per heavy atom. The van der Waals surface area contributed by atoms with Crippen molar-refractivity contribution >= 4 is 27.6 Å². The van der Waals surface area contributed by atoms with Gasteiger partial charge in [-0.3, -0.25) is 10.1 Å². The quantitative estimate of drug-likeness (QED) is 0.288. The maximum atomic E-state index is 12.1. The SMILES string of the molecule is CCCCCCC(C)OC(=O)c1cc([N+](=O)[O-])ccc1Br. The van der Waals surface area contributed by atoms with Gasteiger partial charge in [-0.25, -0.2) is 4.79 Å². The zero-order valence-corrected chi connectivity index (χ0v) is 13.9. The van der Waals surface area contributed by atoms with Crippen LogP contribution in [-0.4, -0.2) is 17.0 Å². The fourth-order valence-corrected chi connectivity index (χ4v) is 2.36. The standard InChI is InChI=1S/C15H20BrNO4/c1-3-4-5-6-7-11(2)21-15(18)13-10-12(17(19)20)8-9-14(13)16/h8-11H,3-7H2,1-2H3. The molecule has 1 unspecified atom stereocenters. The molecule has 0 radical (unpaired) electrons. The lowest BCUT2D eigenvalue weighted by Gasteiger charge is -2.13. The highest BCUT2D eigenvalue weighted by Crippen LogP contribution is 2.24. The van der Waals surface area contributed by atoms with Gasteiger partial charge in [0.05, 0.1) is 16.6 Å². The lowest BCUT2D eigenvalue weighted by atomic mass is 10.1. The number of nitrogens with zero attached hydrogens (tertiary/aromatic N) is 1. The fraction of sp³-hybridized carbons (Fsp3) is 0.533. The average Bonchev–Trinajstić information content (AvgIpc) is 2.43. The van der Waals surface area contributed by atoms with Crippen molar-refractivity contribution in [2.24, 2.45) is 0 Å². The van der Waals surface area contributed by atoms with Crippen LogP contribution in [0.3, 0.4) is 0 Å². The minimum atomic E-state index is -0.534. The molecule has 0 amide bonds. The smallest absolute Gasteiger partial charge is 0.339 e. The highest BCUT2D eigenvalue weighted by atomic mass is 79.9. The summed E-state index contributed by atoms with van der Waals surface area (Å²) in [5.74, 6) is -0.534. The van der Waals surface area contributed by atoms with Crippen LogP contribution in [0.1, 0.15) is 56.3 Å². The Labute approximate surface area is 133 Å². The lowest BCUT2D eigenvalue weighted by Crippen LogP contribution is -2.15. The Balaban J connectivity index is 2.62. The molecule has 0 aliphatic heterocycles. The van der Waals surface area contributed by atoms with Gasteiger partial charge in [0.2, 0.25) is 0 Å². The Morgan fingerprint density at radius 1 is 1.38 bits per heavy atom. The number of hydrogen-bond acceptors (Lipinski definition) is 4. The summed E-state index contributed by atoms with van der Waals surface area (Å²) in [4.78, 5) is 22.3. The van der Waals surface area contributed by atoms with Crippen LogP contribution in [0.4, 0.5) is 5.69 Å². The number of benzene rings is 1. The maximum absolute atomic E-state index is 12.1. The van der Waals surface area contributed by atoms with Gasteiger partial charge >= 0.3 is 5.97 Å². The Morgan fingerprint density at radius 3 is 2.71 bits per heavy atom. The van der Waals surface area contributed by atoms with E-state index < -0.39 is 10.9 Å². The molecular formula is C15H20BrNO4. The molecule has 0 bridgehead atoms. The van der Waals surface area contributed by atoms with Gasteiger partial charge in [0.1, 0.15) is 0 Å². The summed E-state index contributed by atoms with van der Waals surface area (Å²) in [5.41, 5.74) is 0.0605. The Bertz CT molecular complexity index is 504. The number of nitro groups is 1. The van der Waals surface area contributed by atoms with E-state index in [4.69, 9.17) is 4.74 Å². The van der Waals surface area contributed by atoms with Gasteiger partial charge in [0.25, 0.3) is 5.69 Å². The second-order valence-corrected chi connectivity index (χ2v) is 5.84. The molecule has 116 valence electrons. The third-order valence-electron chi connectivity index (χ3n) is 3.15. The Kier molecular flexibility index (Phi) is 7.36. The molecule has 21 heavy (non-hydrogen) atoms. The van der Waals surface area contributed by atoms with Crippen molar-refractivity contribution in [3.05, 3.63) is 38.3 Å². The molecule has 1 atom stereocenters. The van der Waals surface area contributed by atoms with Crippen molar-refractivity contribution in [1.29, 1.82) is 0 Å². The molecule has 0 aliphatic carbocycles. The number of rotatable bonds is 8. The van der Waals surface area contributed by atoms with E-state index >= 15 is 0 Å². The second kappa shape index (κ2) is 8.77. The number of carbonyl (C=O) groups excluding carboxylic acids is 1. The minimum Gasteiger partial charge on any atom is -0.459 e. The predicted molar refractivity (Wildman–Crippen MR) is 84.4 cm³/mol. The molecular weight excluding hydrogens is 338 g/mol. The van der Waals surface area contributed by atoms with Gasteiger partial charge in [0.15, 0.2) is 0 Å². The van der Waals surface area contributed by atoms with Gasteiger partial charge < -0.3 is 4.74 Å². The van der Waals surface area contributed by atoms with Gasteiger partial charge in [-0.05, 0) is 41.8 Å². The van der Waals surface area contributed by atoms with Gasteiger partial charge in [0, 0.05) is 16.6 Å². The summed E-state index contributed by atoms with van der Waals surface area (Å²) in [5, 5.41) is 10.8. The molecule has 1 aromatic rings. The molecule has 1 rings (SSSR count). The van der Waals surface area contributed by atoms with Crippen molar-refractivity contribution in [2.45, 2.75) is 52.1 Å². The lowest BCUT2D eigenvalue weighted by molar-refractivity contribution is -0.384. The van der Waals surface area contributed by atoms with E-state index in [1.54, 1.807) is 0 Å². The van der Waals surface area contributed by atoms with Crippen molar-refractivity contribution in [3.8, 4) is 0 Å². The third-order valence-corrected chi connectivity index (χ3v) is 3.84. The molecule has 0 N–H and O–H groups in total. The number of non-ortho nitro benzene ring substituents is 1. The second-order valence-electron chi connectivity index (χ2n) is 4.99. The van der Waals surface area contributed by atoms with E-state index in [0.29, 0.717) is 4.47 Å². The van der Waals surface area contributed by atoms with E-state index in [-0.39, 0.29) is 17.4 Å². The van der Waals surface area contributed by atoms with Gasteiger partial charge in [-0.1, -0.05) is 26.2 Å². The van der Waals surface area contributed by atoms with Crippen molar-refractivity contribution in [1.82, 2.24) is 0 Å². The Hall–Kier alpha value is -1.43. The normalized spacial score (nSPS) is 12.0. The molecule has 1 aromatic carbocycles. The number of nitro benzene ring substituents is 1. The van der Waals surface area contributed by atoms with E-state index in [2.05, 4.69) is 22.9 Å². The molecule has 6 heteroatoms. The first-order chi connectivity index (χ1) is 9.95. The molecule has 0 aliphatic rings. The van der Waals surface area contributed by atoms with Crippen LogP contribution >= 0.6 is 15.9 Å². The highest BCUT2D eigenvalue weighted by molar-refractivity contribution is 9.10. The number of ether oxygens (including phenoxy) is 1. The van der Waals surface area contributed by atoms with Gasteiger partial charge in [-0.2, -0.15) is 0 Å². The van der Waals surface area contributed by atoms with Crippen molar-refractivity contribution < 1.29 is 14.5 Å². The van der Waals surface area contributed by atoms with E-state index in [1.165, 1.54) is 24.6 Å². The summed E-state index contributed by atoms with van der Waals surface area (Å²) in [6, 6.07) is 4.06. The summed E-state index contributed by atoms with van der Waals surface area (Å²) >= 11 is 3.22. The number of carbonyl (C=O) groups is 1. The number of unbranched alkanes of at least 4 members (excludes halogenated alkanes) is 3. The summed E-state index contributed by atoms with van der Waals surface area (Å²) in [7, 11) is 0. The zero-order valence-electron chi connectivity index (χ0n) is 12.3.